The second kappa shape index (κ2) is 4.40. The molecule has 0 aliphatic heterocycles. The zero-order valence-electron chi connectivity index (χ0n) is 9.06. The van der Waals surface area contributed by atoms with Crippen molar-refractivity contribution in [3.63, 3.8) is 0 Å². The summed E-state index contributed by atoms with van der Waals surface area (Å²) in [6.07, 6.45) is 0. The van der Waals surface area contributed by atoms with Crippen molar-refractivity contribution >= 4 is 17.2 Å². The van der Waals surface area contributed by atoms with Gasteiger partial charge in [0.05, 0.1) is 19.8 Å². The quantitative estimate of drug-likeness (QED) is 0.831. The van der Waals surface area contributed by atoms with Gasteiger partial charge in [0.1, 0.15) is 0 Å². The lowest BCUT2D eigenvalue weighted by atomic mass is 10.1. The fourth-order valence-electron chi connectivity index (χ4n) is 1.48. The number of nitrogen functional groups attached to an aromatic ring is 1. The van der Waals surface area contributed by atoms with Crippen molar-refractivity contribution in [3.05, 3.63) is 24.3 Å². The predicted octanol–water partition coefficient (Wildman–Crippen LogP) is 2.41. The molecular formula is C11H12N2O2S. The molecule has 2 aromatic rings. The summed E-state index contributed by atoms with van der Waals surface area (Å²) in [6, 6.07) is 7.55. The van der Waals surface area contributed by atoms with E-state index in [4.69, 9.17) is 15.2 Å². The molecule has 1 aromatic carbocycles. The highest BCUT2D eigenvalue weighted by molar-refractivity contribution is 7.08. The number of rotatable bonds is 3. The first-order valence-electron chi connectivity index (χ1n) is 4.70. The minimum absolute atomic E-state index is 0.562. The van der Waals surface area contributed by atoms with Gasteiger partial charge in [0, 0.05) is 17.2 Å². The van der Waals surface area contributed by atoms with E-state index in [9.17, 15) is 0 Å². The molecule has 0 amide bonds. The van der Waals surface area contributed by atoms with Gasteiger partial charge in [-0.3, -0.25) is 0 Å². The van der Waals surface area contributed by atoms with Gasteiger partial charge in [-0.05, 0) is 17.7 Å². The summed E-state index contributed by atoms with van der Waals surface area (Å²) < 4.78 is 14.6. The van der Waals surface area contributed by atoms with Crippen LogP contribution in [0.5, 0.6) is 10.9 Å². The maximum Gasteiger partial charge on any atom is 0.236 e. The summed E-state index contributed by atoms with van der Waals surface area (Å²) in [5.41, 5.74) is 8.25. The fraction of sp³-hybridized carbons (Fsp3) is 0.182. The first kappa shape index (κ1) is 10.8. The molecule has 0 fully saturated rings. The van der Waals surface area contributed by atoms with E-state index in [-0.39, 0.29) is 0 Å². The molecule has 0 aliphatic carbocycles. The van der Waals surface area contributed by atoms with Crippen LogP contribution in [-0.4, -0.2) is 18.6 Å². The van der Waals surface area contributed by atoms with E-state index >= 15 is 0 Å². The molecule has 4 nitrogen and oxygen atoms in total. The van der Waals surface area contributed by atoms with Crippen molar-refractivity contribution in [2.45, 2.75) is 0 Å². The van der Waals surface area contributed by atoms with E-state index in [1.807, 2.05) is 24.3 Å². The topological polar surface area (TPSA) is 57.4 Å². The molecule has 5 heteroatoms. The van der Waals surface area contributed by atoms with Crippen molar-refractivity contribution in [2.24, 2.45) is 0 Å². The molecule has 0 spiro atoms. The molecule has 0 unspecified atom stereocenters. The number of nitrogens with two attached hydrogens (primary N) is 1. The molecule has 2 rings (SSSR count). The molecular weight excluding hydrogens is 224 g/mol. The van der Waals surface area contributed by atoms with Crippen LogP contribution >= 0.6 is 11.5 Å². The van der Waals surface area contributed by atoms with Gasteiger partial charge in [-0.2, -0.15) is 4.37 Å². The Labute approximate surface area is 97.8 Å². The molecule has 1 aromatic heterocycles. The maximum absolute atomic E-state index is 5.75. The van der Waals surface area contributed by atoms with Crippen LogP contribution in [0.2, 0.25) is 0 Å². The molecule has 0 saturated heterocycles. The van der Waals surface area contributed by atoms with Crippen LogP contribution in [0.1, 0.15) is 0 Å². The Balaban J connectivity index is 2.57. The first-order valence-corrected chi connectivity index (χ1v) is 5.47. The average molecular weight is 236 g/mol. The van der Waals surface area contributed by atoms with Gasteiger partial charge in [0.2, 0.25) is 10.9 Å². The molecule has 2 N–H and O–H groups in total. The number of hydrogen-bond acceptors (Lipinski definition) is 5. The SMILES string of the molecule is COc1nsc(OC)c1-c1cccc(N)c1. The molecule has 16 heavy (non-hydrogen) atoms. The van der Waals surface area contributed by atoms with Gasteiger partial charge in [-0.25, -0.2) is 0 Å². The van der Waals surface area contributed by atoms with E-state index in [0.29, 0.717) is 11.6 Å². The third-order valence-corrected chi connectivity index (χ3v) is 2.98. The van der Waals surface area contributed by atoms with Gasteiger partial charge < -0.3 is 15.2 Å². The fourth-order valence-corrected chi connectivity index (χ4v) is 2.18. The summed E-state index contributed by atoms with van der Waals surface area (Å²) in [6.45, 7) is 0. The second-order valence-corrected chi connectivity index (χ2v) is 3.92. The number of ether oxygens (including phenoxy) is 2. The van der Waals surface area contributed by atoms with E-state index in [0.717, 1.165) is 16.2 Å². The van der Waals surface area contributed by atoms with Crippen molar-refractivity contribution < 1.29 is 9.47 Å². The largest absolute Gasteiger partial charge is 0.486 e. The minimum Gasteiger partial charge on any atom is -0.486 e. The summed E-state index contributed by atoms with van der Waals surface area (Å²) in [5.74, 6) is 0.562. The van der Waals surface area contributed by atoms with Crippen molar-refractivity contribution in [1.82, 2.24) is 4.37 Å². The van der Waals surface area contributed by atoms with Crippen LogP contribution in [0.4, 0.5) is 5.69 Å². The molecule has 0 aliphatic rings. The molecule has 0 bridgehead atoms. The standard InChI is InChI=1S/C11H12N2O2S/c1-14-10-9(11(15-2)16-13-10)7-4-3-5-8(12)6-7/h3-6H,12H2,1-2H3. The normalized spacial score (nSPS) is 10.1. The Bertz CT molecular complexity index is 475. The molecule has 0 atom stereocenters. The number of methoxy groups -OCH3 is 2. The zero-order valence-corrected chi connectivity index (χ0v) is 9.88. The molecule has 0 radical (unpaired) electrons. The Hall–Kier alpha value is -1.75. The summed E-state index contributed by atoms with van der Waals surface area (Å²) in [4.78, 5) is 0. The van der Waals surface area contributed by atoms with Gasteiger partial charge >= 0.3 is 0 Å². The summed E-state index contributed by atoms with van der Waals surface area (Å²) >= 11 is 1.26. The number of anilines is 1. The van der Waals surface area contributed by atoms with E-state index in [1.165, 1.54) is 11.5 Å². The van der Waals surface area contributed by atoms with Gasteiger partial charge in [0.25, 0.3) is 0 Å². The number of aromatic nitrogens is 1. The average Bonchev–Trinajstić information content (AvgIpc) is 2.71. The third-order valence-electron chi connectivity index (χ3n) is 2.18. The van der Waals surface area contributed by atoms with Crippen molar-refractivity contribution in [1.29, 1.82) is 0 Å². The van der Waals surface area contributed by atoms with Gasteiger partial charge in [0.15, 0.2) is 0 Å². The molecule has 84 valence electrons. The van der Waals surface area contributed by atoms with Gasteiger partial charge in [-0.15, -0.1) is 0 Å². The lowest BCUT2D eigenvalue weighted by Gasteiger charge is -2.05. The van der Waals surface area contributed by atoms with Crippen molar-refractivity contribution in [2.75, 3.05) is 20.0 Å². The lowest BCUT2D eigenvalue weighted by Crippen LogP contribution is -1.90. The van der Waals surface area contributed by atoms with Crippen LogP contribution in [0.3, 0.4) is 0 Å². The van der Waals surface area contributed by atoms with Crippen LogP contribution in [0.25, 0.3) is 11.1 Å². The van der Waals surface area contributed by atoms with Crippen LogP contribution in [0, 0.1) is 0 Å². The van der Waals surface area contributed by atoms with Crippen LogP contribution in [-0.2, 0) is 0 Å². The molecule has 1 heterocycles. The van der Waals surface area contributed by atoms with Crippen LogP contribution in [0.15, 0.2) is 24.3 Å². The smallest absolute Gasteiger partial charge is 0.236 e. The van der Waals surface area contributed by atoms with Gasteiger partial charge in [-0.1, -0.05) is 12.1 Å². The number of benzene rings is 1. The predicted molar refractivity (Wildman–Crippen MR) is 65.1 cm³/mol. The minimum atomic E-state index is 0.562. The Kier molecular flexibility index (Phi) is 2.96. The van der Waals surface area contributed by atoms with E-state index in [1.54, 1.807) is 14.2 Å². The van der Waals surface area contributed by atoms with Crippen LogP contribution < -0.4 is 15.2 Å². The lowest BCUT2D eigenvalue weighted by molar-refractivity contribution is 0.398. The first-order chi connectivity index (χ1) is 7.76. The number of nitrogens with zero attached hydrogens (tertiary/aromatic N) is 1. The highest BCUT2D eigenvalue weighted by Gasteiger charge is 2.17. The highest BCUT2D eigenvalue weighted by atomic mass is 32.1. The Morgan fingerprint density at radius 3 is 2.69 bits per heavy atom. The highest BCUT2D eigenvalue weighted by Crippen LogP contribution is 2.41. The Morgan fingerprint density at radius 2 is 2.06 bits per heavy atom. The van der Waals surface area contributed by atoms with E-state index < -0.39 is 0 Å². The number of hydrogen-bond donors (Lipinski definition) is 1. The van der Waals surface area contributed by atoms with Crippen molar-refractivity contribution in [3.8, 4) is 22.1 Å². The third kappa shape index (κ3) is 1.81. The second-order valence-electron chi connectivity index (χ2n) is 3.18. The summed E-state index contributed by atoms with van der Waals surface area (Å²) in [7, 11) is 3.20. The summed E-state index contributed by atoms with van der Waals surface area (Å²) in [5, 5.41) is 0.724. The zero-order chi connectivity index (χ0) is 11.5. The maximum atomic E-state index is 5.75. The van der Waals surface area contributed by atoms with E-state index in [2.05, 4.69) is 4.37 Å². The monoisotopic (exact) mass is 236 g/mol. The molecule has 0 saturated carbocycles. The Morgan fingerprint density at radius 1 is 1.25 bits per heavy atom.